The number of carbonyl (C=O) groups is 1. The molecule has 0 aliphatic rings. The molecule has 350 valence electrons. The van der Waals surface area contributed by atoms with E-state index in [9.17, 15) is 19.4 Å². The molecule has 9 nitrogen and oxygen atoms in total. The number of ether oxygens (including phenoxy) is 2. The van der Waals surface area contributed by atoms with Crippen molar-refractivity contribution in [3.05, 3.63) is 60.8 Å². The van der Waals surface area contributed by atoms with Crippen molar-refractivity contribution >= 4 is 13.8 Å². The summed E-state index contributed by atoms with van der Waals surface area (Å²) in [4.78, 5) is 22.6. The predicted molar refractivity (Wildman–Crippen MR) is 251 cm³/mol. The number of carbonyl (C=O) groups excluding carboxylic acids is 1. The number of aliphatic hydroxyl groups excluding tert-OH is 2. The second kappa shape index (κ2) is 46.7. The fourth-order valence-electron chi connectivity index (χ4n) is 6.52. The van der Waals surface area contributed by atoms with Gasteiger partial charge in [0, 0.05) is 13.0 Å². The summed E-state index contributed by atoms with van der Waals surface area (Å²) in [6, 6.07) is 0. The minimum Gasteiger partial charge on any atom is -0.457 e. The van der Waals surface area contributed by atoms with Gasteiger partial charge >= 0.3 is 13.8 Å². The molecule has 0 saturated carbocycles. The van der Waals surface area contributed by atoms with Crippen LogP contribution in [0.15, 0.2) is 60.8 Å². The highest BCUT2D eigenvalue weighted by atomic mass is 31.2. The van der Waals surface area contributed by atoms with E-state index in [2.05, 4.69) is 74.6 Å². The van der Waals surface area contributed by atoms with E-state index in [1.165, 1.54) is 103 Å². The monoisotopic (exact) mass is 867 g/mol. The number of hydrogen-bond acceptors (Lipinski definition) is 8. The maximum absolute atomic E-state index is 12.6. The van der Waals surface area contributed by atoms with Crippen molar-refractivity contribution in [2.45, 2.75) is 219 Å². The van der Waals surface area contributed by atoms with Crippen LogP contribution in [0.4, 0.5) is 0 Å². The highest BCUT2D eigenvalue weighted by Crippen LogP contribution is 2.43. The van der Waals surface area contributed by atoms with Crippen molar-refractivity contribution in [1.29, 1.82) is 0 Å². The molecule has 0 saturated heterocycles. The predicted octanol–water partition coefficient (Wildman–Crippen LogP) is 13.9. The minimum atomic E-state index is -4.53. The molecule has 10 heteroatoms. The largest absolute Gasteiger partial charge is 0.472 e. The highest BCUT2D eigenvalue weighted by Gasteiger charge is 2.26. The molecule has 0 radical (unpaired) electrons. The van der Waals surface area contributed by atoms with Gasteiger partial charge in [0.1, 0.15) is 12.2 Å². The van der Waals surface area contributed by atoms with E-state index in [1.54, 1.807) is 0 Å². The second-order valence-corrected chi connectivity index (χ2v) is 17.5. The summed E-state index contributed by atoms with van der Waals surface area (Å²) in [7, 11) is -4.53. The smallest absolute Gasteiger partial charge is 0.457 e. The molecule has 0 aromatic heterocycles. The first kappa shape index (κ1) is 58.2. The summed E-state index contributed by atoms with van der Waals surface area (Å²) < 4.78 is 33.4. The van der Waals surface area contributed by atoms with Crippen LogP contribution in [0.1, 0.15) is 206 Å². The van der Waals surface area contributed by atoms with Gasteiger partial charge in [-0.2, -0.15) is 0 Å². The van der Waals surface area contributed by atoms with E-state index in [-0.39, 0.29) is 19.6 Å². The van der Waals surface area contributed by atoms with Crippen LogP contribution < -0.4 is 0 Å². The standard InChI is InChI=1S/C50H91O9P/c1-3-5-7-9-11-13-15-17-19-20-21-22-23-24-25-26-27-29-31-33-35-37-39-41-43-56-46-49(47-58-60(54,55)57-45-48(52)44-51)59-50(53)42-40-38-36-34-32-30-28-18-16-14-12-10-8-6-4-2/h6,8,12,14-15,17-18,20-21,28,48-49,51-52H,3-5,7,9-11,13,16,19,22-27,29-47H2,1-2H3,(H,54,55)/b8-6-,14-12-,17-15-,21-20-,28-18-. The van der Waals surface area contributed by atoms with E-state index < -0.39 is 39.2 Å². The maximum atomic E-state index is 12.6. The van der Waals surface area contributed by atoms with Crippen molar-refractivity contribution in [3.63, 3.8) is 0 Å². The van der Waals surface area contributed by atoms with Crippen LogP contribution in [-0.4, -0.2) is 66.3 Å². The van der Waals surface area contributed by atoms with Gasteiger partial charge in [-0.05, 0) is 77.0 Å². The number of phosphoric acid groups is 1. The Kier molecular flexibility index (Phi) is 45.2. The van der Waals surface area contributed by atoms with Gasteiger partial charge in [0.25, 0.3) is 0 Å². The molecular weight excluding hydrogens is 776 g/mol. The van der Waals surface area contributed by atoms with Gasteiger partial charge in [-0.15, -0.1) is 0 Å². The fourth-order valence-corrected chi connectivity index (χ4v) is 7.31. The lowest BCUT2D eigenvalue weighted by atomic mass is 10.0. The third-order valence-electron chi connectivity index (χ3n) is 10.2. The Balaban J connectivity index is 4.08. The normalized spacial score (nSPS) is 14.4. The summed E-state index contributed by atoms with van der Waals surface area (Å²) in [6.07, 6.45) is 54.7. The number of hydrogen-bond donors (Lipinski definition) is 3. The molecule has 3 unspecified atom stereocenters. The van der Waals surface area contributed by atoms with Crippen LogP contribution in [0.25, 0.3) is 0 Å². The van der Waals surface area contributed by atoms with Crippen molar-refractivity contribution in [3.8, 4) is 0 Å². The van der Waals surface area contributed by atoms with Crippen molar-refractivity contribution in [2.24, 2.45) is 0 Å². The fraction of sp³-hybridized carbons (Fsp3) is 0.780. The van der Waals surface area contributed by atoms with Crippen molar-refractivity contribution in [2.75, 3.05) is 33.0 Å². The van der Waals surface area contributed by atoms with Crippen LogP contribution in [-0.2, 0) is 27.9 Å². The number of unbranched alkanes of at least 4 members (excludes halogenated alkanes) is 22. The number of aliphatic hydroxyl groups is 2. The molecular formula is C50H91O9P. The second-order valence-electron chi connectivity index (χ2n) is 16.1. The van der Waals surface area contributed by atoms with Crippen LogP contribution in [0.2, 0.25) is 0 Å². The third-order valence-corrected chi connectivity index (χ3v) is 11.1. The Morgan fingerprint density at radius 2 is 0.950 bits per heavy atom. The molecule has 3 atom stereocenters. The minimum absolute atomic E-state index is 0.0396. The van der Waals surface area contributed by atoms with Gasteiger partial charge < -0.3 is 24.6 Å². The Morgan fingerprint density at radius 1 is 0.533 bits per heavy atom. The Labute approximate surface area is 368 Å². The molecule has 0 spiro atoms. The summed E-state index contributed by atoms with van der Waals surface area (Å²) in [5.74, 6) is -0.400. The molecule has 0 heterocycles. The summed E-state index contributed by atoms with van der Waals surface area (Å²) >= 11 is 0. The molecule has 0 aromatic carbocycles. The first-order chi connectivity index (χ1) is 29.3. The molecule has 0 aliphatic carbocycles. The van der Waals surface area contributed by atoms with Gasteiger partial charge in [-0.3, -0.25) is 13.8 Å². The molecule has 0 aliphatic heterocycles. The summed E-state index contributed by atoms with van der Waals surface area (Å²) in [5, 5.41) is 18.4. The Hall–Kier alpha value is -1.84. The van der Waals surface area contributed by atoms with Crippen LogP contribution in [0, 0.1) is 0 Å². The lowest BCUT2D eigenvalue weighted by molar-refractivity contribution is -0.154. The van der Waals surface area contributed by atoms with Crippen LogP contribution in [0.3, 0.4) is 0 Å². The topological polar surface area (TPSA) is 132 Å². The zero-order valence-electron chi connectivity index (χ0n) is 38.4. The number of rotatable bonds is 46. The van der Waals surface area contributed by atoms with Gasteiger partial charge in [0.15, 0.2) is 0 Å². The van der Waals surface area contributed by atoms with Gasteiger partial charge in [-0.1, -0.05) is 184 Å². The highest BCUT2D eigenvalue weighted by molar-refractivity contribution is 7.47. The maximum Gasteiger partial charge on any atom is 0.472 e. The van der Waals surface area contributed by atoms with E-state index in [0.29, 0.717) is 13.0 Å². The zero-order chi connectivity index (χ0) is 43.9. The summed E-state index contributed by atoms with van der Waals surface area (Å²) in [5.41, 5.74) is 0. The average molecular weight is 867 g/mol. The SMILES string of the molecule is CC/C=C\C/C=C\C/C=C\CCCCCCCC(=O)OC(COCCCCCCCCCCCCCC/C=C\C/C=C\CCCCCCC)COP(=O)(O)OCC(O)CO. The summed E-state index contributed by atoms with van der Waals surface area (Å²) in [6.45, 7) is 3.38. The van der Waals surface area contributed by atoms with E-state index in [4.69, 9.17) is 23.6 Å². The Bertz CT molecular complexity index is 1120. The third kappa shape index (κ3) is 45.7. The van der Waals surface area contributed by atoms with Crippen LogP contribution in [0.5, 0.6) is 0 Å². The van der Waals surface area contributed by atoms with E-state index in [1.807, 2.05) is 0 Å². The molecule has 0 amide bonds. The van der Waals surface area contributed by atoms with Gasteiger partial charge in [-0.25, -0.2) is 4.57 Å². The molecule has 60 heavy (non-hydrogen) atoms. The quantitative estimate of drug-likeness (QED) is 0.0237. The molecule has 0 bridgehead atoms. The molecule has 3 N–H and O–H groups in total. The van der Waals surface area contributed by atoms with E-state index in [0.717, 1.165) is 77.0 Å². The first-order valence-electron chi connectivity index (χ1n) is 24.3. The van der Waals surface area contributed by atoms with Crippen LogP contribution >= 0.6 is 7.82 Å². The molecule has 0 fully saturated rings. The number of phosphoric ester groups is 1. The average Bonchev–Trinajstić information content (AvgIpc) is 3.24. The van der Waals surface area contributed by atoms with Crippen molar-refractivity contribution < 1.29 is 43.0 Å². The zero-order valence-corrected chi connectivity index (χ0v) is 39.3. The lowest BCUT2D eigenvalue weighted by Crippen LogP contribution is -2.29. The number of allylic oxidation sites excluding steroid dienone is 10. The lowest BCUT2D eigenvalue weighted by Gasteiger charge is -2.20. The van der Waals surface area contributed by atoms with Gasteiger partial charge in [0.05, 0.1) is 26.4 Å². The molecule has 0 aromatic rings. The molecule has 0 rings (SSSR count). The van der Waals surface area contributed by atoms with Crippen molar-refractivity contribution in [1.82, 2.24) is 0 Å². The number of esters is 1. The first-order valence-corrected chi connectivity index (χ1v) is 25.8. The van der Waals surface area contributed by atoms with Gasteiger partial charge in [0.2, 0.25) is 0 Å². The van der Waals surface area contributed by atoms with E-state index >= 15 is 0 Å². The Morgan fingerprint density at radius 3 is 1.43 bits per heavy atom.